The minimum Gasteiger partial charge on any atom is -0.461 e. The van der Waals surface area contributed by atoms with Crippen molar-refractivity contribution < 1.29 is 19.1 Å². The van der Waals surface area contributed by atoms with Crippen molar-refractivity contribution in [2.75, 3.05) is 6.61 Å². The van der Waals surface area contributed by atoms with Crippen LogP contribution in [0.2, 0.25) is 0 Å². The van der Waals surface area contributed by atoms with Crippen LogP contribution in [-0.2, 0) is 19.1 Å². The number of carbonyl (C=O) groups excluding carboxylic acids is 2. The Balaban J connectivity index is 2.27. The van der Waals surface area contributed by atoms with Gasteiger partial charge < -0.3 is 9.47 Å². The summed E-state index contributed by atoms with van der Waals surface area (Å²) in [5.74, 6) is -0.653. The predicted octanol–water partition coefficient (Wildman–Crippen LogP) is 2.37. The van der Waals surface area contributed by atoms with E-state index in [9.17, 15) is 9.59 Å². The van der Waals surface area contributed by atoms with Crippen LogP contribution in [0, 0.1) is 5.41 Å². The molecule has 1 saturated carbocycles. The molecule has 0 bridgehead atoms. The summed E-state index contributed by atoms with van der Waals surface area (Å²) in [6.45, 7) is 7.16. The second-order valence-corrected chi connectivity index (χ2v) is 5.62. The quantitative estimate of drug-likeness (QED) is 0.559. The van der Waals surface area contributed by atoms with E-state index in [1.807, 2.05) is 6.92 Å². The molecule has 1 unspecified atom stereocenters. The SMILES string of the molecule is C=C(C)C(=O)OC1(C)COC(=O)C12CCCCC2. The van der Waals surface area contributed by atoms with E-state index in [2.05, 4.69) is 6.58 Å². The Morgan fingerprint density at radius 2 is 1.94 bits per heavy atom. The van der Waals surface area contributed by atoms with Crippen LogP contribution in [0.15, 0.2) is 12.2 Å². The van der Waals surface area contributed by atoms with Gasteiger partial charge in [-0.25, -0.2) is 4.79 Å². The van der Waals surface area contributed by atoms with Gasteiger partial charge in [0.2, 0.25) is 0 Å². The summed E-state index contributed by atoms with van der Waals surface area (Å²) in [6, 6.07) is 0. The molecule has 0 aromatic heterocycles. The maximum absolute atomic E-state index is 12.1. The molecule has 0 aromatic carbocycles. The molecule has 1 aliphatic heterocycles. The van der Waals surface area contributed by atoms with Crippen LogP contribution < -0.4 is 0 Å². The summed E-state index contributed by atoms with van der Waals surface area (Å²) in [5.41, 5.74) is -1.14. The monoisotopic (exact) mass is 252 g/mol. The van der Waals surface area contributed by atoms with Gasteiger partial charge in [0.1, 0.15) is 12.0 Å². The summed E-state index contributed by atoms with van der Waals surface area (Å²) in [6.07, 6.45) is 4.57. The number of carbonyl (C=O) groups is 2. The first-order valence-corrected chi connectivity index (χ1v) is 6.47. The fourth-order valence-corrected chi connectivity index (χ4v) is 3.00. The third-order valence-electron chi connectivity index (χ3n) is 4.26. The van der Waals surface area contributed by atoms with Gasteiger partial charge in [-0.2, -0.15) is 0 Å². The molecular weight excluding hydrogens is 232 g/mol. The average Bonchev–Trinajstić information content (AvgIpc) is 2.56. The number of hydrogen-bond donors (Lipinski definition) is 0. The second kappa shape index (κ2) is 4.41. The predicted molar refractivity (Wildman–Crippen MR) is 65.8 cm³/mol. The maximum atomic E-state index is 12.1. The zero-order chi connectivity index (χ0) is 13.4. The van der Waals surface area contributed by atoms with E-state index in [0.717, 1.165) is 32.1 Å². The van der Waals surface area contributed by atoms with Crippen molar-refractivity contribution in [2.45, 2.75) is 51.6 Å². The maximum Gasteiger partial charge on any atom is 0.333 e. The highest BCUT2D eigenvalue weighted by molar-refractivity contribution is 5.89. The van der Waals surface area contributed by atoms with Gasteiger partial charge in [-0.1, -0.05) is 25.8 Å². The largest absolute Gasteiger partial charge is 0.461 e. The van der Waals surface area contributed by atoms with E-state index < -0.39 is 17.0 Å². The molecule has 2 fully saturated rings. The number of hydrogen-bond acceptors (Lipinski definition) is 4. The van der Waals surface area contributed by atoms with Crippen molar-refractivity contribution in [2.24, 2.45) is 5.41 Å². The van der Waals surface area contributed by atoms with Gasteiger partial charge in [-0.05, 0) is 26.7 Å². The Labute approximate surface area is 107 Å². The molecule has 18 heavy (non-hydrogen) atoms. The minimum absolute atomic E-state index is 0.158. The van der Waals surface area contributed by atoms with Gasteiger partial charge in [0.15, 0.2) is 5.60 Å². The Kier molecular flexibility index (Phi) is 3.21. The van der Waals surface area contributed by atoms with Gasteiger partial charge in [0, 0.05) is 5.57 Å². The first-order valence-electron chi connectivity index (χ1n) is 6.47. The molecule has 1 saturated heterocycles. The number of esters is 2. The van der Waals surface area contributed by atoms with Crippen molar-refractivity contribution in [3.8, 4) is 0 Å². The molecule has 1 aliphatic carbocycles. The van der Waals surface area contributed by atoms with Crippen LogP contribution in [-0.4, -0.2) is 24.1 Å². The molecule has 1 spiro atoms. The summed E-state index contributed by atoms with van der Waals surface area (Å²) in [4.78, 5) is 23.8. The van der Waals surface area contributed by atoms with Crippen molar-refractivity contribution in [1.82, 2.24) is 0 Å². The van der Waals surface area contributed by atoms with E-state index in [-0.39, 0.29) is 12.6 Å². The second-order valence-electron chi connectivity index (χ2n) is 5.62. The van der Waals surface area contributed by atoms with Crippen LogP contribution in [0.5, 0.6) is 0 Å². The minimum atomic E-state index is -0.847. The van der Waals surface area contributed by atoms with E-state index >= 15 is 0 Å². The molecular formula is C14H20O4. The summed E-state index contributed by atoms with van der Waals surface area (Å²) in [7, 11) is 0. The van der Waals surface area contributed by atoms with Crippen LogP contribution >= 0.6 is 0 Å². The van der Waals surface area contributed by atoms with Gasteiger partial charge in [-0.15, -0.1) is 0 Å². The lowest BCUT2D eigenvalue weighted by molar-refractivity contribution is -0.168. The Morgan fingerprint density at radius 1 is 1.33 bits per heavy atom. The molecule has 0 amide bonds. The molecule has 2 aliphatic rings. The molecule has 100 valence electrons. The van der Waals surface area contributed by atoms with Crippen molar-refractivity contribution >= 4 is 11.9 Å². The van der Waals surface area contributed by atoms with Crippen molar-refractivity contribution in [1.29, 1.82) is 0 Å². The smallest absolute Gasteiger partial charge is 0.333 e. The van der Waals surface area contributed by atoms with Crippen LogP contribution in [0.3, 0.4) is 0 Å². The summed E-state index contributed by atoms with van der Waals surface area (Å²) >= 11 is 0. The fourth-order valence-electron chi connectivity index (χ4n) is 3.00. The van der Waals surface area contributed by atoms with Crippen LogP contribution in [0.25, 0.3) is 0 Å². The standard InChI is InChI=1S/C14H20O4/c1-10(2)11(15)18-13(3)9-17-12(16)14(13)7-5-4-6-8-14/h1,4-9H2,2-3H3. The van der Waals surface area contributed by atoms with E-state index in [1.165, 1.54) is 0 Å². The molecule has 4 heteroatoms. The molecule has 0 radical (unpaired) electrons. The van der Waals surface area contributed by atoms with E-state index in [4.69, 9.17) is 9.47 Å². The lowest BCUT2D eigenvalue weighted by Gasteiger charge is -2.40. The lowest BCUT2D eigenvalue weighted by Crippen LogP contribution is -2.51. The highest BCUT2D eigenvalue weighted by atomic mass is 16.6. The number of rotatable bonds is 2. The van der Waals surface area contributed by atoms with E-state index in [1.54, 1.807) is 6.92 Å². The molecule has 2 rings (SSSR count). The molecule has 0 N–H and O–H groups in total. The lowest BCUT2D eigenvalue weighted by atomic mass is 9.65. The van der Waals surface area contributed by atoms with Crippen molar-refractivity contribution in [3.05, 3.63) is 12.2 Å². The van der Waals surface area contributed by atoms with Crippen LogP contribution in [0.4, 0.5) is 0 Å². The third-order valence-corrected chi connectivity index (χ3v) is 4.26. The van der Waals surface area contributed by atoms with Crippen LogP contribution in [0.1, 0.15) is 46.0 Å². The zero-order valence-electron chi connectivity index (χ0n) is 11.1. The van der Waals surface area contributed by atoms with Gasteiger partial charge in [0.05, 0.1) is 0 Å². The first kappa shape index (κ1) is 13.1. The average molecular weight is 252 g/mol. The first-order chi connectivity index (χ1) is 8.41. The number of ether oxygens (including phenoxy) is 2. The topological polar surface area (TPSA) is 52.6 Å². The third kappa shape index (κ3) is 1.84. The van der Waals surface area contributed by atoms with Gasteiger partial charge >= 0.3 is 11.9 Å². The normalized spacial score (nSPS) is 30.0. The van der Waals surface area contributed by atoms with Gasteiger partial charge in [0.25, 0.3) is 0 Å². The molecule has 1 heterocycles. The van der Waals surface area contributed by atoms with E-state index in [0.29, 0.717) is 5.57 Å². The Bertz CT molecular complexity index is 393. The highest BCUT2D eigenvalue weighted by Gasteiger charge is 2.62. The molecule has 4 nitrogen and oxygen atoms in total. The van der Waals surface area contributed by atoms with Crippen molar-refractivity contribution in [3.63, 3.8) is 0 Å². The highest BCUT2D eigenvalue weighted by Crippen LogP contribution is 2.51. The summed E-state index contributed by atoms with van der Waals surface area (Å²) < 4.78 is 10.7. The fraction of sp³-hybridized carbons (Fsp3) is 0.714. The number of cyclic esters (lactones) is 1. The zero-order valence-corrected chi connectivity index (χ0v) is 11.1. The molecule has 1 atom stereocenters. The van der Waals surface area contributed by atoms with Gasteiger partial charge in [-0.3, -0.25) is 4.79 Å². The Hall–Kier alpha value is -1.32. The summed E-state index contributed by atoms with van der Waals surface area (Å²) in [5, 5.41) is 0. The Morgan fingerprint density at radius 3 is 2.50 bits per heavy atom. The molecule has 0 aromatic rings.